The zero-order valence-electron chi connectivity index (χ0n) is 16.2. The number of hydrogen-bond donors (Lipinski definition) is 0. The molecule has 3 heterocycles. The first kappa shape index (κ1) is 19.6. The van der Waals surface area contributed by atoms with Crippen molar-refractivity contribution in [2.24, 2.45) is 0 Å². The van der Waals surface area contributed by atoms with E-state index >= 15 is 0 Å². The van der Waals surface area contributed by atoms with Gasteiger partial charge in [0.05, 0.1) is 23.1 Å². The number of amides is 1. The Morgan fingerprint density at radius 3 is 2.68 bits per heavy atom. The standard InChI is InChI=1S/C20H23FN6O/c1-4-7-15(13-21)26(3)20(28)17-12-18(16-8-5-6-11-22-16)27(25-17)19-10-9-14(2)23-24-19/h5-6,8-12,15H,4,7,13H2,1-3H3/t15-/m0/s1. The maximum Gasteiger partial charge on any atom is 0.274 e. The summed E-state index contributed by atoms with van der Waals surface area (Å²) in [6, 6.07) is 10.3. The second kappa shape index (κ2) is 8.69. The van der Waals surface area contributed by atoms with Crippen molar-refractivity contribution in [3.05, 3.63) is 54.0 Å². The number of halogens is 1. The van der Waals surface area contributed by atoms with E-state index in [4.69, 9.17) is 0 Å². The average Bonchev–Trinajstić information content (AvgIpc) is 3.17. The summed E-state index contributed by atoms with van der Waals surface area (Å²) in [5.74, 6) is 0.135. The van der Waals surface area contributed by atoms with Gasteiger partial charge in [-0.1, -0.05) is 19.4 Å². The van der Waals surface area contributed by atoms with Crippen molar-refractivity contribution < 1.29 is 9.18 Å². The third kappa shape index (κ3) is 4.05. The summed E-state index contributed by atoms with van der Waals surface area (Å²) in [4.78, 5) is 18.7. The Balaban J connectivity index is 2.04. The van der Waals surface area contributed by atoms with Gasteiger partial charge in [-0.3, -0.25) is 9.78 Å². The van der Waals surface area contributed by atoms with E-state index in [0.717, 1.165) is 12.1 Å². The van der Waals surface area contributed by atoms with Crippen molar-refractivity contribution in [2.45, 2.75) is 32.7 Å². The number of carbonyl (C=O) groups is 1. The molecule has 1 atom stereocenters. The second-order valence-electron chi connectivity index (χ2n) is 6.59. The molecule has 28 heavy (non-hydrogen) atoms. The lowest BCUT2D eigenvalue weighted by molar-refractivity contribution is 0.0690. The lowest BCUT2D eigenvalue weighted by Crippen LogP contribution is -2.38. The zero-order chi connectivity index (χ0) is 20.1. The second-order valence-corrected chi connectivity index (χ2v) is 6.59. The summed E-state index contributed by atoms with van der Waals surface area (Å²) in [6.07, 6.45) is 3.05. The van der Waals surface area contributed by atoms with Gasteiger partial charge in [0.15, 0.2) is 11.5 Å². The summed E-state index contributed by atoms with van der Waals surface area (Å²) in [5.41, 5.74) is 2.24. The Hall–Kier alpha value is -3.16. The van der Waals surface area contributed by atoms with Crippen LogP contribution in [0.2, 0.25) is 0 Å². The molecule has 0 saturated heterocycles. The fourth-order valence-electron chi connectivity index (χ4n) is 2.92. The highest BCUT2D eigenvalue weighted by molar-refractivity contribution is 5.93. The Bertz CT molecular complexity index is 926. The van der Waals surface area contributed by atoms with Gasteiger partial charge in [0.2, 0.25) is 0 Å². The fraction of sp³-hybridized carbons (Fsp3) is 0.350. The maximum absolute atomic E-state index is 13.4. The molecular weight excluding hydrogens is 359 g/mol. The van der Waals surface area contributed by atoms with E-state index in [9.17, 15) is 9.18 Å². The lowest BCUT2D eigenvalue weighted by atomic mass is 10.1. The van der Waals surface area contributed by atoms with E-state index in [1.807, 2.05) is 38.1 Å². The third-order valence-electron chi connectivity index (χ3n) is 4.52. The zero-order valence-corrected chi connectivity index (χ0v) is 16.2. The monoisotopic (exact) mass is 382 g/mol. The van der Waals surface area contributed by atoms with Crippen LogP contribution in [0, 0.1) is 6.92 Å². The number of carbonyl (C=O) groups excluding carboxylic acids is 1. The molecule has 0 aliphatic carbocycles. The van der Waals surface area contributed by atoms with Gasteiger partial charge in [-0.05, 0) is 43.7 Å². The molecule has 0 fully saturated rings. The van der Waals surface area contributed by atoms with Gasteiger partial charge in [-0.15, -0.1) is 5.10 Å². The molecule has 3 rings (SSSR count). The minimum atomic E-state index is -0.590. The quantitative estimate of drug-likeness (QED) is 0.627. The molecular formula is C20H23FN6O. The number of nitrogens with zero attached hydrogens (tertiary/aromatic N) is 6. The summed E-state index contributed by atoms with van der Waals surface area (Å²) in [5, 5.41) is 12.7. The Morgan fingerprint density at radius 2 is 2.07 bits per heavy atom. The molecule has 0 unspecified atom stereocenters. The van der Waals surface area contributed by atoms with E-state index in [-0.39, 0.29) is 11.6 Å². The topological polar surface area (TPSA) is 76.8 Å². The average molecular weight is 382 g/mol. The molecule has 7 nitrogen and oxygen atoms in total. The van der Waals surface area contributed by atoms with Crippen LogP contribution in [0.15, 0.2) is 42.6 Å². The van der Waals surface area contributed by atoms with E-state index in [2.05, 4.69) is 20.3 Å². The van der Waals surface area contributed by atoms with Gasteiger partial charge < -0.3 is 4.90 Å². The van der Waals surface area contributed by atoms with Gasteiger partial charge in [-0.2, -0.15) is 10.2 Å². The predicted molar refractivity (Wildman–Crippen MR) is 104 cm³/mol. The first-order valence-electron chi connectivity index (χ1n) is 9.20. The number of alkyl halides is 1. The largest absolute Gasteiger partial charge is 0.335 e. The van der Waals surface area contributed by atoms with Gasteiger partial charge >= 0.3 is 0 Å². The minimum Gasteiger partial charge on any atom is -0.335 e. The Morgan fingerprint density at radius 1 is 1.25 bits per heavy atom. The smallest absolute Gasteiger partial charge is 0.274 e. The van der Waals surface area contributed by atoms with Crippen molar-refractivity contribution in [3.63, 3.8) is 0 Å². The first-order valence-corrected chi connectivity index (χ1v) is 9.20. The van der Waals surface area contributed by atoms with Crippen molar-refractivity contribution in [3.8, 4) is 17.2 Å². The molecule has 0 N–H and O–H groups in total. The summed E-state index contributed by atoms with van der Waals surface area (Å²) in [7, 11) is 1.60. The number of aromatic nitrogens is 5. The molecule has 146 valence electrons. The van der Waals surface area contributed by atoms with Crippen molar-refractivity contribution in [2.75, 3.05) is 13.7 Å². The van der Waals surface area contributed by atoms with E-state index in [0.29, 0.717) is 23.6 Å². The summed E-state index contributed by atoms with van der Waals surface area (Å²) < 4.78 is 14.9. The number of rotatable bonds is 7. The van der Waals surface area contributed by atoms with Crippen LogP contribution in [0.5, 0.6) is 0 Å². The van der Waals surface area contributed by atoms with E-state index in [1.165, 1.54) is 4.90 Å². The third-order valence-corrected chi connectivity index (χ3v) is 4.52. The Kier molecular flexibility index (Phi) is 6.08. The SMILES string of the molecule is CCC[C@@H](CF)N(C)C(=O)c1cc(-c2ccccn2)n(-c2ccc(C)nn2)n1. The van der Waals surface area contributed by atoms with Crippen molar-refractivity contribution >= 4 is 5.91 Å². The van der Waals surface area contributed by atoms with Crippen LogP contribution in [-0.4, -0.2) is 55.5 Å². The van der Waals surface area contributed by atoms with E-state index in [1.54, 1.807) is 30.1 Å². The fourth-order valence-corrected chi connectivity index (χ4v) is 2.92. The molecule has 0 spiro atoms. The normalized spacial score (nSPS) is 12.0. The molecule has 3 aromatic rings. The number of pyridine rings is 1. The molecule has 1 amide bonds. The van der Waals surface area contributed by atoms with Crippen LogP contribution in [0.4, 0.5) is 4.39 Å². The molecule has 3 aromatic heterocycles. The van der Waals surface area contributed by atoms with Gasteiger partial charge in [0, 0.05) is 13.2 Å². The molecule has 0 aliphatic rings. The number of hydrogen-bond acceptors (Lipinski definition) is 5. The van der Waals surface area contributed by atoms with Gasteiger partial charge in [-0.25, -0.2) is 9.07 Å². The van der Waals surface area contributed by atoms with Crippen LogP contribution in [0.25, 0.3) is 17.2 Å². The van der Waals surface area contributed by atoms with Crippen LogP contribution in [0.3, 0.4) is 0 Å². The van der Waals surface area contributed by atoms with Gasteiger partial charge in [0.25, 0.3) is 5.91 Å². The number of aryl methyl sites for hydroxylation is 1. The highest BCUT2D eigenvalue weighted by Crippen LogP contribution is 2.22. The van der Waals surface area contributed by atoms with E-state index < -0.39 is 12.7 Å². The van der Waals surface area contributed by atoms with Crippen LogP contribution >= 0.6 is 0 Å². The lowest BCUT2D eigenvalue weighted by Gasteiger charge is -2.24. The van der Waals surface area contributed by atoms with Crippen molar-refractivity contribution in [1.82, 2.24) is 29.9 Å². The summed E-state index contributed by atoms with van der Waals surface area (Å²) in [6.45, 7) is 3.21. The minimum absolute atomic E-state index is 0.208. The van der Waals surface area contributed by atoms with Crippen LogP contribution in [-0.2, 0) is 0 Å². The molecule has 0 aromatic carbocycles. The molecule has 0 aliphatic heterocycles. The molecule has 8 heteroatoms. The van der Waals surface area contributed by atoms with Crippen molar-refractivity contribution in [1.29, 1.82) is 0 Å². The molecule has 0 radical (unpaired) electrons. The Labute approximate surface area is 163 Å². The van der Waals surface area contributed by atoms with Gasteiger partial charge in [0.1, 0.15) is 6.67 Å². The predicted octanol–water partition coefficient (Wildman–Crippen LogP) is 3.24. The van der Waals surface area contributed by atoms with Crippen LogP contribution in [0.1, 0.15) is 35.9 Å². The maximum atomic E-state index is 13.4. The van der Waals surface area contributed by atoms with Crippen LogP contribution < -0.4 is 0 Å². The first-order chi connectivity index (χ1) is 13.5. The summed E-state index contributed by atoms with van der Waals surface area (Å²) >= 11 is 0. The molecule has 0 bridgehead atoms. The highest BCUT2D eigenvalue weighted by Gasteiger charge is 2.25. The molecule has 0 saturated carbocycles. The highest BCUT2D eigenvalue weighted by atomic mass is 19.1.